The predicted molar refractivity (Wildman–Crippen MR) is 72.4 cm³/mol. The van der Waals surface area contributed by atoms with E-state index in [1.165, 1.54) is 11.1 Å². The molecule has 90 valence electrons. The van der Waals surface area contributed by atoms with Crippen molar-refractivity contribution in [2.24, 2.45) is 5.73 Å². The van der Waals surface area contributed by atoms with E-state index in [1.807, 2.05) is 11.8 Å². The Kier molecular flexibility index (Phi) is 6.34. The van der Waals surface area contributed by atoms with Gasteiger partial charge in [-0.2, -0.15) is 11.8 Å². The molecule has 0 bridgehead atoms. The molecule has 0 aliphatic rings. The Morgan fingerprint density at radius 3 is 2.88 bits per heavy atom. The predicted octanol–water partition coefficient (Wildman–Crippen LogP) is 2.63. The van der Waals surface area contributed by atoms with E-state index in [9.17, 15) is 0 Å². The quantitative estimate of drug-likeness (QED) is 0.743. The molecule has 0 aliphatic heterocycles. The fourth-order valence-electron chi connectivity index (χ4n) is 1.65. The Bertz CT molecular complexity index is 315. The van der Waals surface area contributed by atoms with Gasteiger partial charge < -0.3 is 10.5 Å². The van der Waals surface area contributed by atoms with Crippen molar-refractivity contribution in [3.8, 4) is 5.75 Å². The van der Waals surface area contributed by atoms with Gasteiger partial charge in [0.15, 0.2) is 0 Å². The highest BCUT2D eigenvalue weighted by Gasteiger charge is 2.05. The average Bonchev–Trinajstić information content (AvgIpc) is 2.28. The number of hydrogen-bond donors (Lipinski definition) is 1. The molecule has 0 saturated carbocycles. The Morgan fingerprint density at radius 1 is 1.38 bits per heavy atom. The molecule has 1 rings (SSSR count). The minimum absolute atomic E-state index is 0.671. The van der Waals surface area contributed by atoms with Crippen LogP contribution in [0.2, 0.25) is 0 Å². The SMILES string of the molecule is CSCCCOc1c(C)cccc1CCN. The third kappa shape index (κ3) is 4.06. The topological polar surface area (TPSA) is 35.2 Å². The van der Waals surface area contributed by atoms with Crippen LogP contribution in [0.25, 0.3) is 0 Å². The number of aryl methyl sites for hydroxylation is 1. The maximum atomic E-state index is 5.85. The lowest BCUT2D eigenvalue weighted by Gasteiger charge is -2.13. The molecule has 0 aliphatic carbocycles. The second-order valence-electron chi connectivity index (χ2n) is 3.80. The summed E-state index contributed by atoms with van der Waals surface area (Å²) in [6.45, 7) is 3.55. The van der Waals surface area contributed by atoms with Crippen LogP contribution in [-0.4, -0.2) is 25.2 Å². The Balaban J connectivity index is 2.61. The van der Waals surface area contributed by atoms with E-state index in [0.717, 1.165) is 31.0 Å². The van der Waals surface area contributed by atoms with Crippen LogP contribution in [0.5, 0.6) is 5.75 Å². The largest absolute Gasteiger partial charge is 0.493 e. The van der Waals surface area contributed by atoms with Crippen LogP contribution in [0.1, 0.15) is 17.5 Å². The molecule has 0 aromatic heterocycles. The van der Waals surface area contributed by atoms with Crippen molar-refractivity contribution in [2.75, 3.05) is 25.2 Å². The lowest BCUT2D eigenvalue weighted by atomic mass is 10.1. The lowest BCUT2D eigenvalue weighted by molar-refractivity contribution is 0.313. The standard InChI is InChI=1S/C13H21NOS/c1-11-5-3-6-12(7-8-14)13(11)15-9-4-10-16-2/h3,5-6H,4,7-10,14H2,1-2H3. The van der Waals surface area contributed by atoms with Gasteiger partial charge in [-0.3, -0.25) is 0 Å². The van der Waals surface area contributed by atoms with E-state index in [-0.39, 0.29) is 0 Å². The number of thioether (sulfide) groups is 1. The van der Waals surface area contributed by atoms with Gasteiger partial charge in [-0.1, -0.05) is 18.2 Å². The molecule has 1 aromatic carbocycles. The molecule has 2 N–H and O–H groups in total. The Labute approximate surface area is 103 Å². The number of nitrogens with two attached hydrogens (primary N) is 1. The van der Waals surface area contributed by atoms with Crippen molar-refractivity contribution in [1.29, 1.82) is 0 Å². The van der Waals surface area contributed by atoms with Crippen molar-refractivity contribution in [3.63, 3.8) is 0 Å². The second kappa shape index (κ2) is 7.58. The first kappa shape index (κ1) is 13.4. The molecular weight excluding hydrogens is 218 g/mol. The minimum atomic E-state index is 0.671. The summed E-state index contributed by atoms with van der Waals surface area (Å²) < 4.78 is 5.85. The second-order valence-corrected chi connectivity index (χ2v) is 4.78. The van der Waals surface area contributed by atoms with Gasteiger partial charge >= 0.3 is 0 Å². The van der Waals surface area contributed by atoms with Crippen molar-refractivity contribution in [2.45, 2.75) is 19.8 Å². The van der Waals surface area contributed by atoms with Gasteiger partial charge in [0.2, 0.25) is 0 Å². The smallest absolute Gasteiger partial charge is 0.125 e. The summed E-state index contributed by atoms with van der Waals surface area (Å²) in [5, 5.41) is 0. The van der Waals surface area contributed by atoms with E-state index in [2.05, 4.69) is 31.4 Å². The molecule has 0 amide bonds. The van der Waals surface area contributed by atoms with Gasteiger partial charge in [-0.25, -0.2) is 0 Å². The molecule has 0 unspecified atom stereocenters. The lowest BCUT2D eigenvalue weighted by Crippen LogP contribution is -2.07. The molecule has 0 fully saturated rings. The zero-order valence-electron chi connectivity index (χ0n) is 10.2. The highest BCUT2D eigenvalue weighted by atomic mass is 32.2. The first-order chi connectivity index (χ1) is 7.79. The highest BCUT2D eigenvalue weighted by Crippen LogP contribution is 2.23. The summed E-state index contributed by atoms with van der Waals surface area (Å²) in [6, 6.07) is 6.25. The van der Waals surface area contributed by atoms with E-state index in [1.54, 1.807) is 0 Å². The third-order valence-electron chi connectivity index (χ3n) is 2.45. The van der Waals surface area contributed by atoms with Gasteiger partial charge in [0.1, 0.15) is 5.75 Å². The number of rotatable bonds is 7. The van der Waals surface area contributed by atoms with Crippen molar-refractivity contribution < 1.29 is 4.74 Å². The van der Waals surface area contributed by atoms with Gasteiger partial charge in [-0.15, -0.1) is 0 Å². The van der Waals surface area contributed by atoms with Gasteiger partial charge in [-0.05, 0) is 49.4 Å². The highest BCUT2D eigenvalue weighted by molar-refractivity contribution is 7.98. The van der Waals surface area contributed by atoms with Crippen LogP contribution in [0.4, 0.5) is 0 Å². The monoisotopic (exact) mass is 239 g/mol. The zero-order chi connectivity index (χ0) is 11.8. The van der Waals surface area contributed by atoms with Gasteiger partial charge in [0, 0.05) is 0 Å². The summed E-state index contributed by atoms with van der Waals surface area (Å²) in [6.07, 6.45) is 4.10. The molecule has 0 heterocycles. The first-order valence-electron chi connectivity index (χ1n) is 5.70. The van der Waals surface area contributed by atoms with Crippen LogP contribution >= 0.6 is 11.8 Å². The fraction of sp³-hybridized carbons (Fsp3) is 0.538. The van der Waals surface area contributed by atoms with Crippen LogP contribution in [0.15, 0.2) is 18.2 Å². The van der Waals surface area contributed by atoms with E-state index in [0.29, 0.717) is 6.54 Å². The van der Waals surface area contributed by atoms with Gasteiger partial charge in [0.25, 0.3) is 0 Å². The molecule has 1 aromatic rings. The molecule has 0 spiro atoms. The summed E-state index contributed by atoms with van der Waals surface area (Å²) in [5.74, 6) is 2.19. The molecule has 0 saturated heterocycles. The maximum Gasteiger partial charge on any atom is 0.125 e. The van der Waals surface area contributed by atoms with Crippen LogP contribution in [-0.2, 0) is 6.42 Å². The van der Waals surface area contributed by atoms with E-state index < -0.39 is 0 Å². The summed E-state index contributed by atoms with van der Waals surface area (Å²) >= 11 is 1.86. The van der Waals surface area contributed by atoms with E-state index in [4.69, 9.17) is 10.5 Å². The molecule has 3 heteroatoms. The number of ether oxygens (including phenoxy) is 1. The molecular formula is C13H21NOS. The zero-order valence-corrected chi connectivity index (χ0v) is 11.0. The van der Waals surface area contributed by atoms with Crippen LogP contribution in [0, 0.1) is 6.92 Å². The average molecular weight is 239 g/mol. The molecule has 0 atom stereocenters. The Morgan fingerprint density at radius 2 is 2.19 bits per heavy atom. The minimum Gasteiger partial charge on any atom is -0.493 e. The summed E-state index contributed by atoms with van der Waals surface area (Å²) in [5.41, 5.74) is 8.03. The van der Waals surface area contributed by atoms with Gasteiger partial charge in [0.05, 0.1) is 6.61 Å². The fourth-order valence-corrected chi connectivity index (χ4v) is 2.06. The Hall–Kier alpha value is -0.670. The molecule has 16 heavy (non-hydrogen) atoms. The molecule has 0 radical (unpaired) electrons. The van der Waals surface area contributed by atoms with Crippen molar-refractivity contribution in [3.05, 3.63) is 29.3 Å². The van der Waals surface area contributed by atoms with Crippen molar-refractivity contribution in [1.82, 2.24) is 0 Å². The number of hydrogen-bond acceptors (Lipinski definition) is 3. The maximum absolute atomic E-state index is 5.85. The van der Waals surface area contributed by atoms with Crippen LogP contribution < -0.4 is 10.5 Å². The first-order valence-corrected chi connectivity index (χ1v) is 7.09. The van der Waals surface area contributed by atoms with Crippen molar-refractivity contribution >= 4 is 11.8 Å². The normalized spacial score (nSPS) is 10.4. The van der Waals surface area contributed by atoms with Crippen LogP contribution in [0.3, 0.4) is 0 Å². The number of benzene rings is 1. The summed E-state index contributed by atoms with van der Waals surface area (Å²) in [4.78, 5) is 0. The number of para-hydroxylation sites is 1. The third-order valence-corrected chi connectivity index (χ3v) is 3.14. The summed E-state index contributed by atoms with van der Waals surface area (Å²) in [7, 11) is 0. The van der Waals surface area contributed by atoms with E-state index >= 15 is 0 Å². The molecule has 2 nitrogen and oxygen atoms in total.